The Morgan fingerprint density at radius 1 is 1.10 bits per heavy atom. The average molecular weight is 415 g/mol. The van der Waals surface area contributed by atoms with Gasteiger partial charge in [0.1, 0.15) is 0 Å². The molecule has 156 valence electrons. The number of nitrogens with one attached hydrogen (secondary N) is 1. The van der Waals surface area contributed by atoms with E-state index in [9.17, 15) is 8.42 Å². The van der Waals surface area contributed by atoms with Crippen molar-refractivity contribution in [3.05, 3.63) is 29.0 Å². The molecule has 5 rings (SSSR count). The van der Waals surface area contributed by atoms with Gasteiger partial charge in [-0.2, -0.15) is 0 Å². The Hall–Kier alpha value is -1.73. The Balaban J connectivity index is 1.23. The van der Waals surface area contributed by atoms with Crippen LogP contribution in [0.1, 0.15) is 42.5 Å². The molecule has 3 heterocycles. The molecule has 2 saturated heterocycles. The molecule has 1 atom stereocenters. The summed E-state index contributed by atoms with van der Waals surface area (Å²) < 4.78 is 23.3. The van der Waals surface area contributed by atoms with Crippen LogP contribution in [0.5, 0.6) is 0 Å². The van der Waals surface area contributed by atoms with E-state index in [4.69, 9.17) is 9.97 Å². The first-order chi connectivity index (χ1) is 14.0. The number of nitrogens with zero attached hydrogens (tertiary/aromatic N) is 3. The lowest BCUT2D eigenvalue weighted by Gasteiger charge is -2.33. The van der Waals surface area contributed by atoms with Gasteiger partial charge in [0.05, 0.1) is 22.7 Å². The van der Waals surface area contributed by atoms with Gasteiger partial charge in [-0.1, -0.05) is 0 Å². The number of fused-ring (bicyclic) bond motifs is 2. The minimum atomic E-state index is -2.78. The quantitative estimate of drug-likeness (QED) is 0.828. The lowest BCUT2D eigenvalue weighted by molar-refractivity contribution is 0.384. The van der Waals surface area contributed by atoms with Crippen molar-refractivity contribution in [3.63, 3.8) is 0 Å². The number of aryl methyl sites for hydroxylation is 3. The number of rotatable bonds is 4. The summed E-state index contributed by atoms with van der Waals surface area (Å²) in [5, 5.41) is 4.80. The molecule has 0 bridgehead atoms. The van der Waals surface area contributed by atoms with Crippen molar-refractivity contribution < 1.29 is 8.42 Å². The lowest BCUT2D eigenvalue weighted by Crippen LogP contribution is -2.44. The van der Waals surface area contributed by atoms with E-state index in [0.717, 1.165) is 56.1 Å². The van der Waals surface area contributed by atoms with Crippen molar-refractivity contribution in [2.75, 3.05) is 36.0 Å². The van der Waals surface area contributed by atoms with Gasteiger partial charge in [0, 0.05) is 24.5 Å². The smallest absolute Gasteiger partial charge is 0.226 e. The first-order valence-corrected chi connectivity index (χ1v) is 12.8. The highest BCUT2D eigenvalue weighted by atomic mass is 32.2. The van der Waals surface area contributed by atoms with Gasteiger partial charge in [0.15, 0.2) is 9.84 Å². The van der Waals surface area contributed by atoms with E-state index < -0.39 is 9.84 Å². The molecule has 1 aromatic heterocycles. The van der Waals surface area contributed by atoms with Crippen LogP contribution in [-0.2, 0) is 22.7 Å². The minimum Gasteiger partial charge on any atom is -0.341 e. The Kier molecular flexibility index (Phi) is 4.98. The van der Waals surface area contributed by atoms with Crippen LogP contribution < -0.4 is 10.2 Å². The maximum Gasteiger partial charge on any atom is 0.226 e. The number of anilines is 1. The van der Waals surface area contributed by atoms with Crippen molar-refractivity contribution in [1.82, 2.24) is 15.3 Å². The summed E-state index contributed by atoms with van der Waals surface area (Å²) >= 11 is 0. The molecule has 6 nitrogen and oxygen atoms in total. The number of aromatic nitrogens is 2. The average Bonchev–Trinajstić information content (AvgIpc) is 3.30. The van der Waals surface area contributed by atoms with E-state index in [-0.39, 0.29) is 5.92 Å². The second-order valence-corrected chi connectivity index (χ2v) is 11.3. The predicted octanol–water partition coefficient (Wildman–Crippen LogP) is 2.42. The van der Waals surface area contributed by atoms with Gasteiger partial charge in [0.2, 0.25) is 5.95 Å². The summed E-state index contributed by atoms with van der Waals surface area (Å²) in [5.41, 5.74) is 5.08. The predicted molar refractivity (Wildman–Crippen MR) is 116 cm³/mol. The summed E-state index contributed by atoms with van der Waals surface area (Å²) in [5.74, 6) is 1.85. The maximum atomic E-state index is 11.6. The summed E-state index contributed by atoms with van der Waals surface area (Å²) in [6, 6.07) is 5.04. The molecule has 2 aromatic rings. The number of benzene rings is 1. The molecule has 1 N–H and O–H groups in total. The summed E-state index contributed by atoms with van der Waals surface area (Å²) in [4.78, 5) is 12.0. The van der Waals surface area contributed by atoms with Crippen LogP contribution >= 0.6 is 0 Å². The fraction of sp³-hybridized carbons (Fsp3) is 0.636. The second-order valence-electron chi connectivity index (χ2n) is 9.04. The molecule has 0 radical (unpaired) electrons. The molecular formula is C22H30N4O2S. The van der Waals surface area contributed by atoms with E-state index >= 15 is 0 Å². The third-order valence-corrected chi connectivity index (χ3v) is 8.72. The van der Waals surface area contributed by atoms with Gasteiger partial charge < -0.3 is 10.2 Å². The van der Waals surface area contributed by atoms with Crippen LogP contribution in [0.15, 0.2) is 12.1 Å². The number of hydrogen-bond acceptors (Lipinski definition) is 6. The van der Waals surface area contributed by atoms with E-state index in [1.54, 1.807) is 0 Å². The first-order valence-electron chi connectivity index (χ1n) is 11.0. The van der Waals surface area contributed by atoms with Crippen molar-refractivity contribution in [2.24, 2.45) is 5.92 Å². The number of piperidine rings is 1. The highest BCUT2D eigenvalue weighted by molar-refractivity contribution is 7.91. The number of sulfone groups is 1. The monoisotopic (exact) mass is 414 g/mol. The molecule has 2 fully saturated rings. The van der Waals surface area contributed by atoms with E-state index in [0.29, 0.717) is 17.5 Å². The fourth-order valence-electron chi connectivity index (χ4n) is 5.13. The van der Waals surface area contributed by atoms with E-state index in [1.807, 2.05) is 0 Å². The minimum absolute atomic E-state index is 0.284. The Morgan fingerprint density at radius 3 is 2.59 bits per heavy atom. The van der Waals surface area contributed by atoms with Crippen LogP contribution in [0.4, 0.5) is 5.95 Å². The van der Waals surface area contributed by atoms with Crippen LogP contribution in [0.2, 0.25) is 0 Å². The summed E-state index contributed by atoms with van der Waals surface area (Å²) in [6.45, 7) is 4.80. The van der Waals surface area contributed by atoms with Gasteiger partial charge in [-0.15, -0.1) is 0 Å². The van der Waals surface area contributed by atoms with Gasteiger partial charge in [-0.05, 0) is 81.2 Å². The van der Waals surface area contributed by atoms with Crippen molar-refractivity contribution in [1.29, 1.82) is 0 Å². The molecule has 29 heavy (non-hydrogen) atoms. The van der Waals surface area contributed by atoms with Gasteiger partial charge in [-0.25, -0.2) is 18.4 Å². The Morgan fingerprint density at radius 2 is 1.86 bits per heavy atom. The second kappa shape index (κ2) is 7.51. The standard InChI is InChI=1S/C22H30N4O2S/c1-15-20-11-17-3-2-4-18(17)12-21(20)25-22(24-15)26-8-5-19(6-9-26)23-13-16-7-10-29(27,28)14-16/h11-12,16,19,23H,2-10,13-14H2,1H3. The molecular weight excluding hydrogens is 384 g/mol. The molecule has 1 unspecified atom stereocenters. The van der Waals surface area contributed by atoms with Crippen molar-refractivity contribution in [3.8, 4) is 0 Å². The maximum absolute atomic E-state index is 11.6. The van der Waals surface area contributed by atoms with Crippen LogP contribution in [-0.4, -0.2) is 55.6 Å². The highest BCUT2D eigenvalue weighted by Gasteiger charge is 2.29. The number of hydrogen-bond donors (Lipinski definition) is 1. The molecule has 3 aliphatic rings. The summed E-state index contributed by atoms with van der Waals surface area (Å²) in [6.07, 6.45) is 6.50. The third kappa shape index (κ3) is 3.99. The molecule has 1 aliphatic carbocycles. The topological polar surface area (TPSA) is 75.2 Å². The van der Waals surface area contributed by atoms with E-state index in [2.05, 4.69) is 29.3 Å². The molecule has 7 heteroatoms. The van der Waals surface area contributed by atoms with E-state index in [1.165, 1.54) is 35.8 Å². The zero-order chi connectivity index (χ0) is 20.0. The van der Waals surface area contributed by atoms with Gasteiger partial charge in [0.25, 0.3) is 0 Å². The first kappa shape index (κ1) is 19.2. The third-order valence-electron chi connectivity index (χ3n) is 6.89. The zero-order valence-corrected chi connectivity index (χ0v) is 18.0. The molecule has 2 aliphatic heterocycles. The van der Waals surface area contributed by atoms with Gasteiger partial charge >= 0.3 is 0 Å². The largest absolute Gasteiger partial charge is 0.341 e. The Bertz CT molecular complexity index is 1030. The van der Waals surface area contributed by atoms with Gasteiger partial charge in [-0.3, -0.25) is 0 Å². The van der Waals surface area contributed by atoms with Crippen LogP contribution in [0.3, 0.4) is 0 Å². The van der Waals surface area contributed by atoms with Crippen molar-refractivity contribution >= 4 is 26.7 Å². The van der Waals surface area contributed by atoms with Crippen molar-refractivity contribution in [2.45, 2.75) is 51.5 Å². The SMILES string of the molecule is Cc1nc(N2CCC(NCC3CCS(=O)(=O)C3)CC2)nc2cc3c(cc12)CCC3. The molecule has 0 saturated carbocycles. The zero-order valence-electron chi connectivity index (χ0n) is 17.2. The summed E-state index contributed by atoms with van der Waals surface area (Å²) in [7, 11) is -2.78. The normalized spacial score (nSPS) is 24.3. The molecule has 1 aromatic carbocycles. The van der Waals surface area contributed by atoms with Crippen LogP contribution in [0.25, 0.3) is 10.9 Å². The Labute approximate surface area is 173 Å². The van der Waals surface area contributed by atoms with Crippen LogP contribution in [0, 0.1) is 12.8 Å². The highest BCUT2D eigenvalue weighted by Crippen LogP contribution is 2.29. The molecule has 0 spiro atoms. The lowest BCUT2D eigenvalue weighted by atomic mass is 10.0. The fourth-order valence-corrected chi connectivity index (χ4v) is 6.99. The molecule has 0 amide bonds.